The van der Waals surface area contributed by atoms with Gasteiger partial charge in [-0.05, 0) is 11.8 Å². The summed E-state index contributed by atoms with van der Waals surface area (Å²) in [7, 11) is 0. The Morgan fingerprint density at radius 2 is 2.40 bits per heavy atom. The smallest absolute Gasteiger partial charge is 0.310 e. The molecule has 3 heteroatoms. The van der Waals surface area contributed by atoms with Crippen molar-refractivity contribution < 1.29 is 9.53 Å². The molecule has 0 rings (SSSR count). The molecule has 0 heterocycles. The van der Waals surface area contributed by atoms with E-state index in [1.165, 1.54) is 5.37 Å². The monoisotopic (exact) mass is 160 g/mol. The zero-order valence-corrected chi connectivity index (χ0v) is 6.95. The van der Waals surface area contributed by atoms with Crippen LogP contribution in [0.5, 0.6) is 0 Å². The summed E-state index contributed by atoms with van der Waals surface area (Å²) in [6, 6.07) is 0. The van der Waals surface area contributed by atoms with Crippen molar-refractivity contribution >= 4 is 23.6 Å². The molecule has 0 aliphatic carbocycles. The third-order valence-corrected chi connectivity index (χ3v) is 1.18. The third kappa shape index (κ3) is 5.69. The molecule has 0 saturated carbocycles. The predicted octanol–water partition coefficient (Wildman–Crippen LogP) is 1.72. The number of thiocarbonyl (C=S) groups is 1. The summed E-state index contributed by atoms with van der Waals surface area (Å²) in [5, 5.41) is 1.38. The first-order valence-electron chi connectivity index (χ1n) is 3.40. The SMILES string of the molecule is CCCCOC(=O)CC=S. The summed E-state index contributed by atoms with van der Waals surface area (Å²) in [6.45, 7) is 2.57. The number of ether oxygens (including phenoxy) is 1. The summed E-state index contributed by atoms with van der Waals surface area (Å²) < 4.78 is 4.79. The molecule has 0 amide bonds. The van der Waals surface area contributed by atoms with Gasteiger partial charge in [0.2, 0.25) is 0 Å². The average molecular weight is 160 g/mol. The first-order valence-corrected chi connectivity index (χ1v) is 3.87. The lowest BCUT2D eigenvalue weighted by Gasteiger charge is -1.99. The van der Waals surface area contributed by atoms with Gasteiger partial charge >= 0.3 is 5.97 Å². The van der Waals surface area contributed by atoms with Gasteiger partial charge in [0, 0.05) is 0 Å². The second kappa shape index (κ2) is 6.68. The number of hydrogen-bond acceptors (Lipinski definition) is 3. The average Bonchev–Trinajstić information content (AvgIpc) is 1.89. The van der Waals surface area contributed by atoms with Crippen molar-refractivity contribution in [2.24, 2.45) is 0 Å². The van der Waals surface area contributed by atoms with Crippen LogP contribution in [0.15, 0.2) is 0 Å². The minimum Gasteiger partial charge on any atom is -0.465 e. The van der Waals surface area contributed by atoms with Crippen molar-refractivity contribution in [1.82, 2.24) is 0 Å². The lowest BCUT2D eigenvalue weighted by atomic mass is 10.4. The highest BCUT2D eigenvalue weighted by Gasteiger charge is 1.96. The summed E-state index contributed by atoms with van der Waals surface area (Å²) in [6.07, 6.45) is 2.23. The Labute approximate surface area is 66.6 Å². The normalized spacial score (nSPS) is 8.90. The van der Waals surface area contributed by atoms with E-state index in [-0.39, 0.29) is 12.4 Å². The zero-order valence-electron chi connectivity index (χ0n) is 6.13. The molecule has 0 unspecified atom stereocenters. The van der Waals surface area contributed by atoms with Gasteiger partial charge in [0.05, 0.1) is 13.0 Å². The van der Waals surface area contributed by atoms with E-state index in [9.17, 15) is 4.79 Å². The van der Waals surface area contributed by atoms with Gasteiger partial charge in [0.15, 0.2) is 0 Å². The lowest BCUT2D eigenvalue weighted by molar-refractivity contribution is -0.142. The van der Waals surface area contributed by atoms with Crippen molar-refractivity contribution in [3.8, 4) is 0 Å². The topological polar surface area (TPSA) is 26.3 Å². The van der Waals surface area contributed by atoms with Gasteiger partial charge in [-0.1, -0.05) is 25.6 Å². The van der Waals surface area contributed by atoms with E-state index in [2.05, 4.69) is 12.2 Å². The Bertz CT molecular complexity index is 112. The minimum absolute atomic E-state index is 0.219. The Morgan fingerprint density at radius 3 is 2.90 bits per heavy atom. The summed E-state index contributed by atoms with van der Waals surface area (Å²) in [5.74, 6) is -0.219. The Kier molecular flexibility index (Phi) is 6.38. The number of carbonyl (C=O) groups excluding carboxylic acids is 1. The van der Waals surface area contributed by atoms with Gasteiger partial charge in [-0.3, -0.25) is 4.79 Å². The maximum absolute atomic E-state index is 10.6. The molecule has 0 aliphatic heterocycles. The van der Waals surface area contributed by atoms with Crippen LogP contribution in [0.4, 0.5) is 0 Å². The fraction of sp³-hybridized carbons (Fsp3) is 0.714. The van der Waals surface area contributed by atoms with Gasteiger partial charge in [-0.25, -0.2) is 0 Å². The van der Waals surface area contributed by atoms with Crippen LogP contribution in [0.3, 0.4) is 0 Å². The van der Waals surface area contributed by atoms with E-state index in [1.54, 1.807) is 0 Å². The molecule has 0 bridgehead atoms. The molecule has 2 nitrogen and oxygen atoms in total. The van der Waals surface area contributed by atoms with Crippen molar-refractivity contribution in [2.45, 2.75) is 26.2 Å². The minimum atomic E-state index is -0.219. The van der Waals surface area contributed by atoms with Gasteiger partial charge in [-0.15, -0.1) is 0 Å². The van der Waals surface area contributed by atoms with Gasteiger partial charge in [-0.2, -0.15) is 0 Å². The Balaban J connectivity index is 3.13. The molecule has 0 aromatic heterocycles. The number of carbonyl (C=O) groups is 1. The van der Waals surface area contributed by atoms with Crippen molar-refractivity contribution in [3.05, 3.63) is 0 Å². The number of unbranched alkanes of at least 4 members (excludes halogenated alkanes) is 1. The Morgan fingerprint density at radius 1 is 1.70 bits per heavy atom. The third-order valence-electron chi connectivity index (χ3n) is 1.01. The van der Waals surface area contributed by atoms with E-state index < -0.39 is 0 Å². The first kappa shape index (κ1) is 9.56. The molecular formula is C7H12O2S. The van der Waals surface area contributed by atoms with Crippen LogP contribution in [-0.4, -0.2) is 17.9 Å². The summed E-state index contributed by atoms with van der Waals surface area (Å²) in [5.41, 5.74) is 0. The summed E-state index contributed by atoms with van der Waals surface area (Å²) >= 11 is 4.48. The van der Waals surface area contributed by atoms with Gasteiger partial charge < -0.3 is 4.74 Å². The second-order valence-electron chi connectivity index (χ2n) is 1.94. The molecule has 0 saturated heterocycles. The molecule has 10 heavy (non-hydrogen) atoms. The van der Waals surface area contributed by atoms with Crippen LogP contribution >= 0.6 is 12.2 Å². The van der Waals surface area contributed by atoms with Gasteiger partial charge in [0.25, 0.3) is 0 Å². The largest absolute Gasteiger partial charge is 0.465 e. The highest BCUT2D eigenvalue weighted by atomic mass is 32.1. The van der Waals surface area contributed by atoms with E-state index in [0.29, 0.717) is 6.61 Å². The molecule has 0 aromatic rings. The molecule has 0 spiro atoms. The van der Waals surface area contributed by atoms with Crippen LogP contribution in [0, 0.1) is 0 Å². The van der Waals surface area contributed by atoms with E-state index in [0.717, 1.165) is 12.8 Å². The fourth-order valence-electron chi connectivity index (χ4n) is 0.457. The van der Waals surface area contributed by atoms with E-state index >= 15 is 0 Å². The lowest BCUT2D eigenvalue weighted by Crippen LogP contribution is -2.05. The maximum atomic E-state index is 10.6. The molecule has 0 radical (unpaired) electrons. The number of hydrogen-bond donors (Lipinski definition) is 0. The highest BCUT2D eigenvalue weighted by molar-refractivity contribution is 7.79. The molecular weight excluding hydrogens is 148 g/mol. The Hall–Kier alpha value is -0.440. The summed E-state index contributed by atoms with van der Waals surface area (Å²) in [4.78, 5) is 10.6. The van der Waals surface area contributed by atoms with Crippen LogP contribution in [0.25, 0.3) is 0 Å². The number of rotatable bonds is 5. The van der Waals surface area contributed by atoms with E-state index in [4.69, 9.17) is 4.74 Å². The molecule has 0 fully saturated rings. The van der Waals surface area contributed by atoms with Crippen LogP contribution in [0.2, 0.25) is 0 Å². The first-order chi connectivity index (χ1) is 4.81. The van der Waals surface area contributed by atoms with E-state index in [1.807, 2.05) is 6.92 Å². The molecule has 0 atom stereocenters. The van der Waals surface area contributed by atoms with Gasteiger partial charge in [0.1, 0.15) is 0 Å². The second-order valence-corrected chi connectivity index (χ2v) is 2.28. The van der Waals surface area contributed by atoms with Crippen LogP contribution in [-0.2, 0) is 9.53 Å². The van der Waals surface area contributed by atoms with Crippen molar-refractivity contribution in [1.29, 1.82) is 0 Å². The standard InChI is InChI=1S/C7H12O2S/c1-2-3-5-9-7(8)4-6-10/h6H,2-5H2,1H3. The van der Waals surface area contributed by atoms with Crippen molar-refractivity contribution in [2.75, 3.05) is 6.61 Å². The van der Waals surface area contributed by atoms with Crippen LogP contribution < -0.4 is 0 Å². The zero-order chi connectivity index (χ0) is 7.82. The highest BCUT2D eigenvalue weighted by Crippen LogP contribution is 1.90. The number of esters is 1. The molecule has 0 aliphatic rings. The predicted molar refractivity (Wildman–Crippen MR) is 44.1 cm³/mol. The van der Waals surface area contributed by atoms with Crippen LogP contribution in [0.1, 0.15) is 26.2 Å². The maximum Gasteiger partial charge on any atom is 0.310 e. The molecule has 0 N–H and O–H groups in total. The van der Waals surface area contributed by atoms with Crippen molar-refractivity contribution in [3.63, 3.8) is 0 Å². The fourth-order valence-corrected chi connectivity index (χ4v) is 0.593. The quantitative estimate of drug-likeness (QED) is 0.348. The molecule has 58 valence electrons. The molecule has 0 aromatic carbocycles.